The molecule has 42 heavy (non-hydrogen) atoms. The van der Waals surface area contributed by atoms with Crippen LogP contribution in [0.5, 0.6) is 0 Å². The number of hydrogen-bond donors (Lipinski definition) is 2. The Kier molecular flexibility index (Phi) is 25.4. The predicted octanol–water partition coefficient (Wildman–Crippen LogP) is 6.99. The molecule has 3 unspecified atom stereocenters. The van der Waals surface area contributed by atoms with E-state index < -0.39 is 26.6 Å². The highest BCUT2D eigenvalue weighted by Gasteiger charge is 2.23. The van der Waals surface area contributed by atoms with Crippen LogP contribution in [0.3, 0.4) is 0 Å². The molecule has 246 valence electrons. The normalized spacial score (nSPS) is 15.5. The number of aliphatic hydroxyl groups excluding tert-OH is 1. The van der Waals surface area contributed by atoms with Crippen molar-refractivity contribution in [1.82, 2.24) is 5.32 Å². The Labute approximate surface area is 257 Å². The van der Waals surface area contributed by atoms with Crippen molar-refractivity contribution in [2.75, 3.05) is 40.9 Å². The van der Waals surface area contributed by atoms with Crippen LogP contribution in [0.2, 0.25) is 0 Å². The number of allylic oxidation sites excluding steroid dienone is 5. The number of rotatable bonds is 28. The summed E-state index contributed by atoms with van der Waals surface area (Å²) in [6, 6.07) is -0.911. The minimum atomic E-state index is -4.58. The van der Waals surface area contributed by atoms with Gasteiger partial charge < -0.3 is 28.8 Å². The van der Waals surface area contributed by atoms with Gasteiger partial charge in [-0.05, 0) is 51.4 Å². The molecule has 0 aliphatic rings. The zero-order valence-electron chi connectivity index (χ0n) is 27.4. The Bertz CT molecular complexity index is 794. The maximum atomic E-state index is 12.6. The van der Waals surface area contributed by atoms with Gasteiger partial charge in [0.05, 0.1) is 39.9 Å². The number of carbonyl (C=O) groups is 1. The third kappa shape index (κ3) is 27.5. The molecule has 0 aliphatic carbocycles. The van der Waals surface area contributed by atoms with E-state index in [1.54, 1.807) is 6.08 Å². The molecule has 0 aromatic carbocycles. The fourth-order valence-corrected chi connectivity index (χ4v) is 4.83. The van der Waals surface area contributed by atoms with Gasteiger partial charge in [-0.3, -0.25) is 9.36 Å². The smallest absolute Gasteiger partial charge is 0.268 e. The van der Waals surface area contributed by atoms with Gasteiger partial charge in [-0.25, -0.2) is 0 Å². The Balaban J connectivity index is 4.77. The number of aliphatic hydroxyl groups is 1. The first kappa shape index (κ1) is 40.7. The first-order chi connectivity index (χ1) is 20.0. The number of nitrogens with one attached hydrogen (secondary N) is 1. The summed E-state index contributed by atoms with van der Waals surface area (Å²) in [6.07, 6.45) is 27.8. The van der Waals surface area contributed by atoms with Crippen molar-refractivity contribution < 1.29 is 32.9 Å². The monoisotopic (exact) mass is 614 g/mol. The van der Waals surface area contributed by atoms with Crippen molar-refractivity contribution in [3.8, 4) is 0 Å². The fraction of sp³-hybridized carbons (Fsp3) is 0.788. The Morgan fingerprint density at radius 1 is 0.810 bits per heavy atom. The molecular formula is C33H63N2O6P. The highest BCUT2D eigenvalue weighted by molar-refractivity contribution is 7.45. The molecule has 0 heterocycles. The van der Waals surface area contributed by atoms with Gasteiger partial charge in [0.15, 0.2) is 0 Å². The molecule has 0 aromatic heterocycles. The number of hydrogen-bond acceptors (Lipinski definition) is 6. The van der Waals surface area contributed by atoms with E-state index in [2.05, 4.69) is 43.5 Å². The van der Waals surface area contributed by atoms with Crippen LogP contribution in [0.25, 0.3) is 0 Å². The van der Waals surface area contributed by atoms with Crippen LogP contribution in [-0.2, 0) is 18.4 Å². The van der Waals surface area contributed by atoms with Crippen LogP contribution >= 0.6 is 7.82 Å². The number of unbranched alkanes of at least 4 members (excludes halogenated alkanes) is 11. The van der Waals surface area contributed by atoms with Crippen LogP contribution in [0.1, 0.15) is 117 Å². The van der Waals surface area contributed by atoms with Crippen molar-refractivity contribution in [2.45, 2.75) is 129 Å². The summed E-state index contributed by atoms with van der Waals surface area (Å²) < 4.78 is 22.9. The molecule has 9 heteroatoms. The van der Waals surface area contributed by atoms with E-state index in [0.717, 1.165) is 32.1 Å². The second kappa shape index (κ2) is 26.2. The van der Waals surface area contributed by atoms with Gasteiger partial charge in [-0.2, -0.15) is 0 Å². The lowest BCUT2D eigenvalue weighted by atomic mass is 10.1. The van der Waals surface area contributed by atoms with Crippen LogP contribution in [-0.4, -0.2) is 68.5 Å². The highest BCUT2D eigenvalue weighted by atomic mass is 31.2. The lowest BCUT2D eigenvalue weighted by Crippen LogP contribution is -2.45. The molecule has 3 atom stereocenters. The quantitative estimate of drug-likeness (QED) is 0.0426. The minimum absolute atomic E-state index is 0.0118. The molecule has 0 rings (SSSR count). The van der Waals surface area contributed by atoms with Gasteiger partial charge in [-0.1, -0.05) is 95.2 Å². The highest BCUT2D eigenvalue weighted by Crippen LogP contribution is 2.38. The Morgan fingerprint density at radius 3 is 1.93 bits per heavy atom. The van der Waals surface area contributed by atoms with Crippen molar-refractivity contribution >= 4 is 13.7 Å². The maximum absolute atomic E-state index is 12.6. The van der Waals surface area contributed by atoms with E-state index in [9.17, 15) is 19.4 Å². The molecule has 2 N–H and O–H groups in total. The zero-order valence-corrected chi connectivity index (χ0v) is 28.3. The predicted molar refractivity (Wildman–Crippen MR) is 173 cm³/mol. The summed E-state index contributed by atoms with van der Waals surface area (Å²) in [4.78, 5) is 24.9. The zero-order chi connectivity index (χ0) is 31.5. The lowest BCUT2D eigenvalue weighted by molar-refractivity contribution is -0.870. The molecule has 0 radical (unpaired) electrons. The third-order valence-electron chi connectivity index (χ3n) is 6.82. The summed E-state index contributed by atoms with van der Waals surface area (Å²) >= 11 is 0. The van der Waals surface area contributed by atoms with Gasteiger partial charge >= 0.3 is 0 Å². The molecule has 1 amide bonds. The molecule has 0 saturated heterocycles. The molecule has 0 aromatic rings. The number of amides is 1. The number of quaternary nitrogens is 1. The standard InChI is InChI=1S/C33H63N2O6P/c1-6-8-10-12-14-16-17-19-20-22-24-26-32(36)31(30-41-42(38,39)40-29-28-35(3,4)5)34-33(37)27-25-23-21-18-15-13-11-9-7-2/h17-19,21,24,26,31-32,36H,6-16,20,22-23,25,27-30H2,1-5H3,(H-,34,37,38,39)/b19-17+,21-18-,26-24+. The topological polar surface area (TPSA) is 108 Å². The number of carbonyl (C=O) groups excluding carboxylic acids is 1. The van der Waals surface area contributed by atoms with Crippen molar-refractivity contribution in [3.63, 3.8) is 0 Å². The summed E-state index contributed by atoms with van der Waals surface area (Å²) in [5.41, 5.74) is 0. The minimum Gasteiger partial charge on any atom is -0.756 e. The summed E-state index contributed by atoms with van der Waals surface area (Å²) in [5.74, 6) is -0.249. The molecule has 0 fully saturated rings. The van der Waals surface area contributed by atoms with E-state index in [4.69, 9.17) is 9.05 Å². The van der Waals surface area contributed by atoms with E-state index in [1.165, 1.54) is 57.8 Å². The second-order valence-electron chi connectivity index (χ2n) is 12.1. The first-order valence-electron chi connectivity index (χ1n) is 16.4. The fourth-order valence-electron chi connectivity index (χ4n) is 4.11. The van der Waals surface area contributed by atoms with Crippen LogP contribution in [0.15, 0.2) is 36.5 Å². The first-order valence-corrected chi connectivity index (χ1v) is 17.8. The number of phosphoric ester groups is 1. The number of nitrogens with zero attached hydrogens (tertiary/aromatic N) is 1. The maximum Gasteiger partial charge on any atom is 0.268 e. The number of likely N-dealkylation sites (N-methyl/N-ethyl adjacent to an activating group) is 1. The average Bonchev–Trinajstić information content (AvgIpc) is 2.92. The Hall–Kier alpha value is -1.28. The van der Waals surface area contributed by atoms with E-state index in [1.807, 2.05) is 27.2 Å². The molecule has 0 bridgehead atoms. The van der Waals surface area contributed by atoms with Crippen LogP contribution < -0.4 is 10.2 Å². The van der Waals surface area contributed by atoms with Gasteiger partial charge in [0.1, 0.15) is 13.2 Å². The van der Waals surface area contributed by atoms with Gasteiger partial charge in [0, 0.05) is 6.42 Å². The number of phosphoric acid groups is 1. The molecule has 0 aliphatic heterocycles. The molecule has 8 nitrogen and oxygen atoms in total. The lowest BCUT2D eigenvalue weighted by Gasteiger charge is -2.29. The van der Waals surface area contributed by atoms with Crippen LogP contribution in [0.4, 0.5) is 0 Å². The van der Waals surface area contributed by atoms with E-state index >= 15 is 0 Å². The van der Waals surface area contributed by atoms with Crippen molar-refractivity contribution in [2.24, 2.45) is 0 Å². The van der Waals surface area contributed by atoms with E-state index in [-0.39, 0.29) is 18.9 Å². The van der Waals surface area contributed by atoms with Crippen LogP contribution in [0, 0.1) is 0 Å². The summed E-state index contributed by atoms with van der Waals surface area (Å²) in [5, 5.41) is 13.5. The van der Waals surface area contributed by atoms with Gasteiger partial charge in [-0.15, -0.1) is 0 Å². The molecule has 0 saturated carbocycles. The van der Waals surface area contributed by atoms with Gasteiger partial charge in [0.2, 0.25) is 5.91 Å². The third-order valence-corrected chi connectivity index (χ3v) is 7.79. The molecule has 0 spiro atoms. The van der Waals surface area contributed by atoms with E-state index in [0.29, 0.717) is 17.4 Å². The average molecular weight is 615 g/mol. The Morgan fingerprint density at radius 2 is 1.33 bits per heavy atom. The molecular weight excluding hydrogens is 551 g/mol. The summed E-state index contributed by atoms with van der Waals surface area (Å²) in [6.45, 7) is 4.49. The van der Waals surface area contributed by atoms with Crippen molar-refractivity contribution in [3.05, 3.63) is 36.5 Å². The largest absolute Gasteiger partial charge is 0.756 e. The SMILES string of the molecule is CCCCCC/C=C\CCCC(=O)NC(COP(=O)([O-])OCC[N+](C)(C)C)C(O)/C=C/CC/C=C/CCCCCCC. The van der Waals surface area contributed by atoms with Gasteiger partial charge in [0.25, 0.3) is 7.82 Å². The second-order valence-corrected chi connectivity index (χ2v) is 13.6. The van der Waals surface area contributed by atoms with Crippen molar-refractivity contribution in [1.29, 1.82) is 0 Å². The summed E-state index contributed by atoms with van der Waals surface area (Å²) in [7, 11) is 1.22.